The van der Waals surface area contributed by atoms with Gasteiger partial charge in [-0.2, -0.15) is 0 Å². The molecule has 6 nitrogen and oxygen atoms in total. The number of rotatable bonds is 2. The summed E-state index contributed by atoms with van der Waals surface area (Å²) in [4.78, 5) is 11.0. The molecule has 0 aliphatic carbocycles. The van der Waals surface area contributed by atoms with Gasteiger partial charge in [-0.1, -0.05) is 0 Å². The number of hydrogen-bond acceptors (Lipinski definition) is 5. The van der Waals surface area contributed by atoms with Gasteiger partial charge in [0.25, 0.3) is 5.91 Å². The molecule has 5 N–H and O–H groups in total. The number of nitrogens with one attached hydrogen (secondary N) is 1. The molecule has 0 saturated carbocycles. The normalized spacial score (nSPS) is 9.57. The van der Waals surface area contributed by atoms with E-state index in [2.05, 4.69) is 4.74 Å². The SMILES string of the molecule is COc1c(O)cc(C(=O)NN)cc1O. The van der Waals surface area contributed by atoms with Crippen molar-refractivity contribution in [2.24, 2.45) is 5.84 Å². The summed E-state index contributed by atoms with van der Waals surface area (Å²) in [6, 6.07) is 2.28. The fourth-order valence-corrected chi connectivity index (χ4v) is 1.02. The van der Waals surface area contributed by atoms with Gasteiger partial charge < -0.3 is 14.9 Å². The molecule has 0 fully saturated rings. The van der Waals surface area contributed by atoms with Crippen molar-refractivity contribution < 1.29 is 19.7 Å². The molecule has 0 atom stereocenters. The largest absolute Gasteiger partial charge is 0.504 e. The zero-order chi connectivity index (χ0) is 10.7. The van der Waals surface area contributed by atoms with Crippen LogP contribution in [-0.2, 0) is 0 Å². The van der Waals surface area contributed by atoms with E-state index < -0.39 is 5.91 Å². The predicted molar refractivity (Wildman–Crippen MR) is 48.0 cm³/mol. The summed E-state index contributed by atoms with van der Waals surface area (Å²) >= 11 is 0. The minimum absolute atomic E-state index is 0.0447. The average Bonchev–Trinajstić information content (AvgIpc) is 2.16. The van der Waals surface area contributed by atoms with Crippen LogP contribution >= 0.6 is 0 Å². The summed E-state index contributed by atoms with van der Waals surface area (Å²) in [5.41, 5.74) is 1.92. The van der Waals surface area contributed by atoms with Crippen LogP contribution in [0.5, 0.6) is 17.2 Å². The van der Waals surface area contributed by atoms with E-state index in [-0.39, 0.29) is 22.8 Å². The number of methoxy groups -OCH3 is 1. The van der Waals surface area contributed by atoms with Crippen LogP contribution in [0.3, 0.4) is 0 Å². The van der Waals surface area contributed by atoms with Crippen LogP contribution in [0, 0.1) is 0 Å². The first-order valence-corrected chi connectivity index (χ1v) is 3.71. The van der Waals surface area contributed by atoms with Gasteiger partial charge in [0.15, 0.2) is 11.5 Å². The number of carbonyl (C=O) groups is 1. The summed E-state index contributed by atoms with van der Waals surface area (Å²) < 4.78 is 4.68. The van der Waals surface area contributed by atoms with Crippen LogP contribution in [0.25, 0.3) is 0 Å². The van der Waals surface area contributed by atoms with Gasteiger partial charge in [0.05, 0.1) is 7.11 Å². The Morgan fingerprint density at radius 1 is 1.43 bits per heavy atom. The van der Waals surface area contributed by atoms with Gasteiger partial charge in [0.1, 0.15) is 0 Å². The van der Waals surface area contributed by atoms with E-state index in [1.165, 1.54) is 7.11 Å². The number of aromatic hydroxyl groups is 2. The highest BCUT2D eigenvalue weighted by Crippen LogP contribution is 2.36. The van der Waals surface area contributed by atoms with Gasteiger partial charge in [0, 0.05) is 5.56 Å². The minimum atomic E-state index is -0.613. The maximum atomic E-state index is 11.0. The molecule has 0 aromatic heterocycles. The molecule has 0 spiro atoms. The van der Waals surface area contributed by atoms with Crippen LogP contribution in [-0.4, -0.2) is 23.2 Å². The van der Waals surface area contributed by atoms with E-state index in [9.17, 15) is 15.0 Å². The fourth-order valence-electron chi connectivity index (χ4n) is 1.02. The summed E-state index contributed by atoms with van der Waals surface area (Å²) in [6.07, 6.45) is 0. The summed E-state index contributed by atoms with van der Waals surface area (Å²) in [5, 5.41) is 18.6. The highest BCUT2D eigenvalue weighted by Gasteiger charge is 2.13. The number of hydrogen-bond donors (Lipinski definition) is 4. The molecule has 76 valence electrons. The zero-order valence-electron chi connectivity index (χ0n) is 7.44. The number of nitrogens with two attached hydrogens (primary N) is 1. The Hall–Kier alpha value is -1.95. The predicted octanol–water partition coefficient (Wildman–Crippen LogP) is -0.290. The van der Waals surface area contributed by atoms with Gasteiger partial charge in [-0.25, -0.2) is 5.84 Å². The molecule has 0 saturated heterocycles. The number of ether oxygens (including phenoxy) is 1. The number of carbonyl (C=O) groups excluding carboxylic acids is 1. The topological polar surface area (TPSA) is 105 Å². The lowest BCUT2D eigenvalue weighted by Crippen LogP contribution is -2.29. The van der Waals surface area contributed by atoms with Crippen LogP contribution in [0.15, 0.2) is 12.1 Å². The van der Waals surface area contributed by atoms with Crippen LogP contribution in [0.4, 0.5) is 0 Å². The summed E-state index contributed by atoms with van der Waals surface area (Å²) in [7, 11) is 1.29. The molecule has 1 aromatic rings. The molecule has 0 bridgehead atoms. The Labute approximate surface area is 79.9 Å². The molecule has 0 aliphatic rings. The van der Waals surface area contributed by atoms with E-state index in [4.69, 9.17) is 5.84 Å². The quantitative estimate of drug-likeness (QED) is 0.297. The van der Waals surface area contributed by atoms with E-state index in [0.717, 1.165) is 12.1 Å². The van der Waals surface area contributed by atoms with Gasteiger partial charge in [-0.3, -0.25) is 10.2 Å². The maximum Gasteiger partial charge on any atom is 0.265 e. The highest BCUT2D eigenvalue weighted by molar-refractivity contribution is 5.95. The Morgan fingerprint density at radius 2 is 1.93 bits per heavy atom. The number of nitrogen functional groups attached to an aromatic ring is 1. The highest BCUT2D eigenvalue weighted by atomic mass is 16.5. The molecular formula is C8H10N2O4. The summed E-state index contributed by atoms with van der Waals surface area (Å²) in [6.45, 7) is 0. The van der Waals surface area contributed by atoms with E-state index in [1.54, 1.807) is 0 Å². The van der Waals surface area contributed by atoms with Crippen LogP contribution in [0.1, 0.15) is 10.4 Å². The third-order valence-corrected chi connectivity index (χ3v) is 1.65. The lowest BCUT2D eigenvalue weighted by molar-refractivity contribution is 0.0952. The first kappa shape index (κ1) is 10.1. The smallest absolute Gasteiger partial charge is 0.265 e. The van der Waals surface area contributed by atoms with Crippen molar-refractivity contribution in [1.29, 1.82) is 0 Å². The van der Waals surface area contributed by atoms with Crippen molar-refractivity contribution in [3.8, 4) is 17.2 Å². The second-order valence-electron chi connectivity index (χ2n) is 2.52. The molecule has 6 heteroatoms. The van der Waals surface area contributed by atoms with Gasteiger partial charge in [-0.15, -0.1) is 0 Å². The molecule has 0 aliphatic heterocycles. The fraction of sp³-hybridized carbons (Fsp3) is 0.125. The van der Waals surface area contributed by atoms with Crippen molar-refractivity contribution in [2.45, 2.75) is 0 Å². The number of phenolic OH excluding ortho intramolecular Hbond substituents is 2. The van der Waals surface area contributed by atoms with Crippen molar-refractivity contribution >= 4 is 5.91 Å². The van der Waals surface area contributed by atoms with E-state index in [0.29, 0.717) is 0 Å². The molecule has 14 heavy (non-hydrogen) atoms. The second kappa shape index (κ2) is 3.84. The molecule has 1 amide bonds. The van der Waals surface area contributed by atoms with E-state index >= 15 is 0 Å². The number of benzene rings is 1. The van der Waals surface area contributed by atoms with Crippen molar-refractivity contribution in [2.75, 3.05) is 7.11 Å². The van der Waals surface area contributed by atoms with Crippen molar-refractivity contribution in [3.63, 3.8) is 0 Å². The standard InChI is InChI=1S/C8H10N2O4/c1-14-7-5(11)2-4(3-6(7)12)8(13)10-9/h2-3,11-12H,9H2,1H3,(H,10,13). The molecular weight excluding hydrogens is 188 g/mol. The van der Waals surface area contributed by atoms with Gasteiger partial charge in [0.2, 0.25) is 5.75 Å². The van der Waals surface area contributed by atoms with E-state index in [1.807, 2.05) is 5.43 Å². The zero-order valence-corrected chi connectivity index (χ0v) is 7.44. The average molecular weight is 198 g/mol. The van der Waals surface area contributed by atoms with Crippen LogP contribution in [0.2, 0.25) is 0 Å². The maximum absolute atomic E-state index is 11.0. The number of amides is 1. The Balaban J connectivity index is 3.20. The first-order chi connectivity index (χ1) is 6.60. The Kier molecular flexibility index (Phi) is 2.78. The minimum Gasteiger partial charge on any atom is -0.504 e. The number of hydrazine groups is 1. The lowest BCUT2D eigenvalue weighted by Gasteiger charge is -2.07. The third kappa shape index (κ3) is 1.69. The van der Waals surface area contributed by atoms with Gasteiger partial charge >= 0.3 is 0 Å². The van der Waals surface area contributed by atoms with Crippen LogP contribution < -0.4 is 16.0 Å². The number of phenols is 2. The second-order valence-corrected chi connectivity index (χ2v) is 2.52. The van der Waals surface area contributed by atoms with Gasteiger partial charge in [-0.05, 0) is 12.1 Å². The third-order valence-electron chi connectivity index (χ3n) is 1.65. The molecule has 1 aromatic carbocycles. The molecule has 0 heterocycles. The van der Waals surface area contributed by atoms with Crippen molar-refractivity contribution in [3.05, 3.63) is 17.7 Å². The Morgan fingerprint density at radius 3 is 2.29 bits per heavy atom. The summed E-state index contributed by atoms with van der Waals surface area (Å²) in [5.74, 6) is 3.53. The lowest BCUT2D eigenvalue weighted by atomic mass is 10.2. The molecule has 0 unspecified atom stereocenters. The Bertz CT molecular complexity index is 341. The monoisotopic (exact) mass is 198 g/mol. The first-order valence-electron chi connectivity index (χ1n) is 3.71. The molecule has 1 rings (SSSR count). The molecule has 0 radical (unpaired) electrons. The van der Waals surface area contributed by atoms with Crippen molar-refractivity contribution in [1.82, 2.24) is 5.43 Å².